The van der Waals surface area contributed by atoms with E-state index in [1.165, 1.54) is 35.0 Å². The number of hydrogen-bond donors (Lipinski definition) is 0. The van der Waals surface area contributed by atoms with Crippen LogP contribution in [0.25, 0.3) is 15.9 Å². The summed E-state index contributed by atoms with van der Waals surface area (Å²) in [5, 5.41) is 0.920. The first-order valence-corrected chi connectivity index (χ1v) is 12.0. The van der Waals surface area contributed by atoms with E-state index in [-0.39, 0.29) is 12.5 Å². The molecule has 6 nitrogen and oxygen atoms in total. The fraction of sp³-hybridized carbons (Fsp3) is 0.240. The van der Waals surface area contributed by atoms with E-state index in [1.807, 2.05) is 0 Å². The lowest BCUT2D eigenvalue weighted by atomic mass is 10.1. The first kappa shape index (κ1) is 22.6. The number of thiophene rings is 1. The Morgan fingerprint density at radius 3 is 2.68 bits per heavy atom. The van der Waals surface area contributed by atoms with Gasteiger partial charge < -0.3 is 4.90 Å². The maximum absolute atomic E-state index is 13.9. The van der Waals surface area contributed by atoms with Crippen LogP contribution in [0.2, 0.25) is 5.02 Å². The van der Waals surface area contributed by atoms with Crippen LogP contribution >= 0.6 is 22.9 Å². The first-order chi connectivity index (χ1) is 16.3. The summed E-state index contributed by atoms with van der Waals surface area (Å²) in [4.78, 5) is 42.7. The molecule has 0 saturated carbocycles. The standard InChI is InChI=1S/C25H21ClFN3O3S/c1-14-19(26)7-4-8-20(14)30-23(32)22-18-9-10-28(15(2)31)13-21(18)34-24(22)29(25(30)33)12-16-5-3-6-17(27)11-16/h3-8,11H,9-10,12-13H2,1-2H3. The van der Waals surface area contributed by atoms with Gasteiger partial charge in [-0.2, -0.15) is 0 Å². The van der Waals surface area contributed by atoms with E-state index in [4.69, 9.17) is 11.6 Å². The Bertz CT molecular complexity index is 1590. The zero-order chi connectivity index (χ0) is 24.1. The van der Waals surface area contributed by atoms with Crippen LogP contribution in [0, 0.1) is 12.7 Å². The smallest absolute Gasteiger partial charge is 0.337 e. The van der Waals surface area contributed by atoms with Crippen LogP contribution in [0.3, 0.4) is 0 Å². The van der Waals surface area contributed by atoms with Crippen molar-refractivity contribution in [2.24, 2.45) is 0 Å². The van der Waals surface area contributed by atoms with Gasteiger partial charge in [-0.3, -0.25) is 14.2 Å². The molecule has 0 saturated heterocycles. The van der Waals surface area contributed by atoms with E-state index in [9.17, 15) is 18.8 Å². The Morgan fingerprint density at radius 1 is 1.18 bits per heavy atom. The molecule has 0 unspecified atom stereocenters. The summed E-state index contributed by atoms with van der Waals surface area (Å²) >= 11 is 7.66. The fourth-order valence-electron chi connectivity index (χ4n) is 4.48. The summed E-state index contributed by atoms with van der Waals surface area (Å²) in [5.41, 5.74) is 1.58. The third-order valence-corrected chi connectivity index (χ3v) is 7.93. The van der Waals surface area contributed by atoms with Crippen LogP contribution < -0.4 is 11.2 Å². The van der Waals surface area contributed by atoms with Gasteiger partial charge in [0.15, 0.2) is 0 Å². The highest BCUT2D eigenvalue weighted by Gasteiger charge is 2.28. The second kappa shape index (κ2) is 8.52. The van der Waals surface area contributed by atoms with Crippen molar-refractivity contribution in [2.75, 3.05) is 6.54 Å². The average molecular weight is 498 g/mol. The second-order valence-corrected chi connectivity index (χ2v) is 9.89. The van der Waals surface area contributed by atoms with E-state index >= 15 is 0 Å². The van der Waals surface area contributed by atoms with Gasteiger partial charge in [-0.25, -0.2) is 13.8 Å². The molecule has 9 heteroatoms. The van der Waals surface area contributed by atoms with Crippen molar-refractivity contribution >= 4 is 39.1 Å². The highest BCUT2D eigenvalue weighted by Crippen LogP contribution is 2.34. The number of halogens is 2. The van der Waals surface area contributed by atoms with Gasteiger partial charge in [0, 0.05) is 23.4 Å². The lowest BCUT2D eigenvalue weighted by molar-refractivity contribution is -0.129. The molecule has 1 amide bonds. The normalized spacial score (nSPS) is 13.4. The third kappa shape index (κ3) is 3.67. The molecule has 34 heavy (non-hydrogen) atoms. The molecule has 3 heterocycles. The minimum absolute atomic E-state index is 0.0350. The van der Waals surface area contributed by atoms with Gasteiger partial charge in [0.2, 0.25) is 5.91 Å². The highest BCUT2D eigenvalue weighted by molar-refractivity contribution is 7.18. The van der Waals surface area contributed by atoms with Gasteiger partial charge >= 0.3 is 5.69 Å². The monoisotopic (exact) mass is 497 g/mol. The molecule has 1 aliphatic rings. The molecule has 174 valence electrons. The molecule has 2 aromatic carbocycles. The molecule has 0 fully saturated rings. The van der Waals surface area contributed by atoms with Crippen LogP contribution in [0.5, 0.6) is 0 Å². The quantitative estimate of drug-likeness (QED) is 0.424. The molecule has 0 N–H and O–H groups in total. The van der Waals surface area contributed by atoms with Gasteiger partial charge in [-0.05, 0) is 54.3 Å². The van der Waals surface area contributed by atoms with Crippen molar-refractivity contribution in [3.8, 4) is 5.69 Å². The van der Waals surface area contributed by atoms with Gasteiger partial charge in [0.25, 0.3) is 5.56 Å². The second-order valence-electron chi connectivity index (χ2n) is 8.40. The Kier molecular flexibility index (Phi) is 5.65. The van der Waals surface area contributed by atoms with Crippen molar-refractivity contribution in [3.63, 3.8) is 0 Å². The predicted molar refractivity (Wildman–Crippen MR) is 132 cm³/mol. The van der Waals surface area contributed by atoms with Crippen LogP contribution in [0.1, 0.15) is 28.5 Å². The number of benzene rings is 2. The maximum Gasteiger partial charge on any atom is 0.337 e. The first-order valence-electron chi connectivity index (χ1n) is 10.8. The largest absolute Gasteiger partial charge is 0.337 e. The molecular formula is C25H21ClFN3O3S. The van der Waals surface area contributed by atoms with Gasteiger partial charge in [-0.1, -0.05) is 29.8 Å². The SMILES string of the molecule is CC(=O)N1CCc2c(sc3c2c(=O)n(-c2cccc(Cl)c2C)c(=O)n3Cc2cccc(F)c2)C1. The summed E-state index contributed by atoms with van der Waals surface area (Å²) < 4.78 is 16.6. The average Bonchev–Trinajstić information content (AvgIpc) is 3.18. The number of nitrogens with zero attached hydrogens (tertiary/aromatic N) is 3. The van der Waals surface area contributed by atoms with Crippen molar-refractivity contribution < 1.29 is 9.18 Å². The zero-order valence-corrected chi connectivity index (χ0v) is 20.2. The van der Waals surface area contributed by atoms with Gasteiger partial charge in [0.1, 0.15) is 10.6 Å². The topological polar surface area (TPSA) is 64.3 Å². The number of amides is 1. The Hall–Kier alpha value is -3.23. The van der Waals surface area contributed by atoms with E-state index in [0.717, 1.165) is 15.0 Å². The molecule has 0 radical (unpaired) electrons. The van der Waals surface area contributed by atoms with Crippen LogP contribution in [-0.2, 0) is 24.3 Å². The molecule has 1 aliphatic heterocycles. The summed E-state index contributed by atoms with van der Waals surface area (Å²) in [7, 11) is 0. The van der Waals surface area contributed by atoms with Gasteiger partial charge in [0.05, 0.1) is 24.2 Å². The zero-order valence-electron chi connectivity index (χ0n) is 18.6. The molecule has 0 aliphatic carbocycles. The van der Waals surface area contributed by atoms with Crippen molar-refractivity contribution in [2.45, 2.75) is 33.4 Å². The Balaban J connectivity index is 1.83. The van der Waals surface area contributed by atoms with Gasteiger partial charge in [-0.15, -0.1) is 11.3 Å². The van der Waals surface area contributed by atoms with Crippen LogP contribution in [0.4, 0.5) is 4.39 Å². The summed E-state index contributed by atoms with van der Waals surface area (Å²) in [6.45, 7) is 4.29. The number of hydrogen-bond acceptors (Lipinski definition) is 4. The molecule has 2 aromatic heterocycles. The fourth-order valence-corrected chi connectivity index (χ4v) is 6.00. The molecule has 4 aromatic rings. The van der Waals surface area contributed by atoms with Crippen LogP contribution in [0.15, 0.2) is 52.1 Å². The minimum Gasteiger partial charge on any atom is -0.337 e. The predicted octanol–water partition coefficient (Wildman–Crippen LogP) is 4.27. The number of fused-ring (bicyclic) bond motifs is 3. The van der Waals surface area contributed by atoms with Crippen molar-refractivity contribution in [3.05, 3.63) is 95.7 Å². The molecule has 5 rings (SSSR count). The van der Waals surface area contributed by atoms with E-state index in [2.05, 4.69) is 0 Å². The number of carbonyl (C=O) groups excluding carboxylic acids is 1. The molecule has 0 atom stereocenters. The van der Waals surface area contributed by atoms with E-state index < -0.39 is 17.1 Å². The summed E-state index contributed by atoms with van der Waals surface area (Å²) in [6.07, 6.45) is 0.525. The van der Waals surface area contributed by atoms with E-state index in [1.54, 1.807) is 42.2 Å². The maximum atomic E-state index is 13.9. The number of aromatic nitrogens is 2. The van der Waals surface area contributed by atoms with Crippen molar-refractivity contribution in [1.29, 1.82) is 0 Å². The number of carbonyl (C=O) groups is 1. The van der Waals surface area contributed by atoms with E-state index in [0.29, 0.717) is 51.6 Å². The Labute approximate surface area is 203 Å². The third-order valence-electron chi connectivity index (χ3n) is 6.28. The van der Waals surface area contributed by atoms with Crippen molar-refractivity contribution in [1.82, 2.24) is 14.0 Å². The summed E-state index contributed by atoms with van der Waals surface area (Å²) in [5.74, 6) is -0.435. The molecule has 0 spiro atoms. The lowest BCUT2D eigenvalue weighted by Gasteiger charge is -2.25. The molecule has 0 bridgehead atoms. The number of rotatable bonds is 3. The Morgan fingerprint density at radius 2 is 1.94 bits per heavy atom. The molecular weight excluding hydrogens is 477 g/mol. The lowest BCUT2D eigenvalue weighted by Crippen LogP contribution is -2.39. The van der Waals surface area contributed by atoms with Crippen LogP contribution in [-0.4, -0.2) is 26.5 Å². The minimum atomic E-state index is -0.519. The summed E-state index contributed by atoms with van der Waals surface area (Å²) in [6, 6.07) is 11.2. The highest BCUT2D eigenvalue weighted by atomic mass is 35.5.